The molecule has 0 bridgehead atoms. The number of nitrogens with zero attached hydrogens (tertiary/aromatic N) is 2. The van der Waals surface area contributed by atoms with Gasteiger partial charge in [-0.05, 0) is 30.5 Å². The Morgan fingerprint density at radius 1 is 1.42 bits per heavy atom. The van der Waals surface area contributed by atoms with E-state index in [2.05, 4.69) is 29.0 Å². The van der Waals surface area contributed by atoms with Crippen LogP contribution in [0.25, 0.3) is 10.2 Å². The Labute approximate surface area is 146 Å². The van der Waals surface area contributed by atoms with E-state index in [1.54, 1.807) is 11.3 Å². The Kier molecular flexibility index (Phi) is 5.33. The SMILES string of the molecule is CC(C)C[C@H](N)C(=O)Nc1ccc2nc(N3CCOCC3)sc2c1. The summed E-state index contributed by atoms with van der Waals surface area (Å²) in [6.07, 6.45) is 0.676. The molecule has 1 aliphatic rings. The number of nitrogens with two attached hydrogens (primary N) is 1. The number of thiazole rings is 1. The van der Waals surface area contributed by atoms with E-state index in [1.165, 1.54) is 0 Å². The van der Waals surface area contributed by atoms with Crippen LogP contribution in [0.2, 0.25) is 0 Å². The average molecular weight is 348 g/mol. The summed E-state index contributed by atoms with van der Waals surface area (Å²) in [5.74, 6) is 0.256. The van der Waals surface area contributed by atoms with E-state index in [0.717, 1.165) is 47.3 Å². The summed E-state index contributed by atoms with van der Waals surface area (Å²) in [5.41, 5.74) is 7.66. The monoisotopic (exact) mass is 348 g/mol. The predicted octanol–water partition coefficient (Wildman–Crippen LogP) is 2.44. The van der Waals surface area contributed by atoms with Gasteiger partial charge >= 0.3 is 0 Å². The van der Waals surface area contributed by atoms with Crippen LogP contribution in [0, 0.1) is 5.92 Å². The third kappa shape index (κ3) is 4.03. The van der Waals surface area contributed by atoms with Gasteiger partial charge in [0.15, 0.2) is 5.13 Å². The number of carbonyl (C=O) groups excluding carboxylic acids is 1. The number of anilines is 2. The van der Waals surface area contributed by atoms with E-state index in [1.807, 2.05) is 18.2 Å². The Morgan fingerprint density at radius 2 is 2.17 bits per heavy atom. The van der Waals surface area contributed by atoms with Crippen molar-refractivity contribution < 1.29 is 9.53 Å². The molecule has 3 rings (SSSR count). The number of rotatable bonds is 5. The molecule has 130 valence electrons. The van der Waals surface area contributed by atoms with Crippen molar-refractivity contribution in [3.8, 4) is 0 Å². The zero-order chi connectivity index (χ0) is 17.1. The van der Waals surface area contributed by atoms with Gasteiger partial charge in [-0.1, -0.05) is 25.2 Å². The molecule has 0 aliphatic carbocycles. The highest BCUT2D eigenvalue weighted by Crippen LogP contribution is 2.31. The second-order valence-corrected chi connectivity index (χ2v) is 7.51. The molecule has 1 aliphatic heterocycles. The maximum Gasteiger partial charge on any atom is 0.241 e. The lowest BCUT2D eigenvalue weighted by Gasteiger charge is -2.25. The Hall–Kier alpha value is -1.70. The minimum Gasteiger partial charge on any atom is -0.378 e. The Bertz CT molecular complexity index is 710. The van der Waals surface area contributed by atoms with Gasteiger partial charge in [0.05, 0.1) is 29.5 Å². The molecule has 1 aromatic carbocycles. The van der Waals surface area contributed by atoms with Gasteiger partial charge in [0.2, 0.25) is 5.91 Å². The number of hydrogen-bond acceptors (Lipinski definition) is 6. The van der Waals surface area contributed by atoms with Crippen LogP contribution in [0.15, 0.2) is 18.2 Å². The van der Waals surface area contributed by atoms with Crippen molar-refractivity contribution in [3.05, 3.63) is 18.2 Å². The smallest absolute Gasteiger partial charge is 0.241 e. The van der Waals surface area contributed by atoms with E-state index in [9.17, 15) is 4.79 Å². The first-order chi connectivity index (χ1) is 11.5. The Morgan fingerprint density at radius 3 is 2.88 bits per heavy atom. The van der Waals surface area contributed by atoms with Crippen LogP contribution >= 0.6 is 11.3 Å². The van der Waals surface area contributed by atoms with Crippen molar-refractivity contribution >= 4 is 38.3 Å². The zero-order valence-electron chi connectivity index (χ0n) is 14.1. The summed E-state index contributed by atoms with van der Waals surface area (Å²) >= 11 is 1.64. The lowest BCUT2D eigenvalue weighted by atomic mass is 10.0. The minimum absolute atomic E-state index is 0.138. The van der Waals surface area contributed by atoms with E-state index in [4.69, 9.17) is 10.5 Å². The number of amides is 1. The maximum atomic E-state index is 12.2. The summed E-state index contributed by atoms with van der Waals surface area (Å²) in [7, 11) is 0. The molecule has 7 heteroatoms. The minimum atomic E-state index is -0.480. The van der Waals surface area contributed by atoms with Crippen LogP contribution in [-0.4, -0.2) is 43.2 Å². The lowest BCUT2D eigenvalue weighted by Crippen LogP contribution is -2.36. The molecule has 0 unspecified atom stereocenters. The number of morpholine rings is 1. The van der Waals surface area contributed by atoms with E-state index >= 15 is 0 Å². The van der Waals surface area contributed by atoms with Gasteiger partial charge in [-0.25, -0.2) is 4.98 Å². The molecule has 1 saturated heterocycles. The van der Waals surface area contributed by atoms with Gasteiger partial charge in [0, 0.05) is 18.8 Å². The number of hydrogen-bond donors (Lipinski definition) is 2. The normalized spacial score (nSPS) is 16.6. The number of fused-ring (bicyclic) bond motifs is 1. The molecule has 1 atom stereocenters. The molecule has 0 saturated carbocycles. The van der Waals surface area contributed by atoms with E-state index < -0.39 is 6.04 Å². The third-order valence-corrected chi connectivity index (χ3v) is 5.07. The van der Waals surface area contributed by atoms with Crippen LogP contribution in [0.3, 0.4) is 0 Å². The molecule has 1 fully saturated rings. The van der Waals surface area contributed by atoms with Crippen molar-refractivity contribution in [3.63, 3.8) is 0 Å². The topological polar surface area (TPSA) is 80.5 Å². The molecule has 24 heavy (non-hydrogen) atoms. The van der Waals surface area contributed by atoms with Crippen LogP contribution in [-0.2, 0) is 9.53 Å². The highest BCUT2D eigenvalue weighted by atomic mass is 32.1. The molecule has 2 aromatic rings. The zero-order valence-corrected chi connectivity index (χ0v) is 14.9. The molecular weight excluding hydrogens is 324 g/mol. The van der Waals surface area contributed by atoms with Crippen molar-refractivity contribution in [1.29, 1.82) is 0 Å². The fraction of sp³-hybridized carbons (Fsp3) is 0.529. The quantitative estimate of drug-likeness (QED) is 0.867. The highest BCUT2D eigenvalue weighted by molar-refractivity contribution is 7.22. The summed E-state index contributed by atoms with van der Waals surface area (Å²) in [5, 5.41) is 3.92. The number of carbonyl (C=O) groups is 1. The summed E-state index contributed by atoms with van der Waals surface area (Å²) in [6.45, 7) is 7.34. The Balaban J connectivity index is 1.72. The molecule has 6 nitrogen and oxygen atoms in total. The summed E-state index contributed by atoms with van der Waals surface area (Å²) < 4.78 is 6.45. The second-order valence-electron chi connectivity index (χ2n) is 6.50. The van der Waals surface area contributed by atoms with E-state index in [-0.39, 0.29) is 5.91 Å². The molecule has 0 spiro atoms. The molecule has 3 N–H and O–H groups in total. The number of benzene rings is 1. The van der Waals surface area contributed by atoms with Crippen molar-refractivity contribution in [1.82, 2.24) is 4.98 Å². The maximum absolute atomic E-state index is 12.2. The van der Waals surface area contributed by atoms with Gasteiger partial charge in [-0.15, -0.1) is 0 Å². The lowest BCUT2D eigenvalue weighted by molar-refractivity contribution is -0.117. The molecule has 2 heterocycles. The second kappa shape index (κ2) is 7.46. The first-order valence-corrected chi connectivity index (χ1v) is 9.14. The number of nitrogens with one attached hydrogen (secondary N) is 1. The van der Waals surface area contributed by atoms with Crippen molar-refractivity contribution in [2.75, 3.05) is 36.5 Å². The summed E-state index contributed by atoms with van der Waals surface area (Å²) in [6, 6.07) is 5.31. The first-order valence-electron chi connectivity index (χ1n) is 8.32. The number of aromatic nitrogens is 1. The molecule has 0 radical (unpaired) electrons. The predicted molar refractivity (Wildman–Crippen MR) is 98.7 cm³/mol. The van der Waals surface area contributed by atoms with Crippen molar-refractivity contribution in [2.45, 2.75) is 26.3 Å². The highest BCUT2D eigenvalue weighted by Gasteiger charge is 2.17. The van der Waals surface area contributed by atoms with Crippen LogP contribution in [0.1, 0.15) is 20.3 Å². The van der Waals surface area contributed by atoms with Crippen LogP contribution < -0.4 is 16.0 Å². The van der Waals surface area contributed by atoms with Gasteiger partial charge in [0.1, 0.15) is 0 Å². The summed E-state index contributed by atoms with van der Waals surface area (Å²) in [4.78, 5) is 19.1. The van der Waals surface area contributed by atoms with Gasteiger partial charge < -0.3 is 20.7 Å². The van der Waals surface area contributed by atoms with Crippen LogP contribution in [0.4, 0.5) is 10.8 Å². The number of ether oxygens (including phenoxy) is 1. The first kappa shape index (κ1) is 17.1. The molecule has 1 amide bonds. The van der Waals surface area contributed by atoms with Crippen molar-refractivity contribution in [2.24, 2.45) is 11.7 Å². The van der Waals surface area contributed by atoms with Gasteiger partial charge in [0.25, 0.3) is 0 Å². The standard InChI is InChI=1S/C17H24N4O2S/c1-11(2)9-13(18)16(22)19-12-3-4-14-15(10-12)24-17(20-14)21-5-7-23-8-6-21/h3-4,10-11,13H,5-9,18H2,1-2H3,(H,19,22)/t13-/m0/s1. The molecule has 1 aromatic heterocycles. The average Bonchev–Trinajstić information content (AvgIpc) is 2.98. The fourth-order valence-electron chi connectivity index (χ4n) is 2.73. The van der Waals surface area contributed by atoms with Gasteiger partial charge in [-0.2, -0.15) is 0 Å². The largest absolute Gasteiger partial charge is 0.378 e. The van der Waals surface area contributed by atoms with E-state index in [0.29, 0.717) is 12.3 Å². The third-order valence-electron chi connectivity index (χ3n) is 3.99. The van der Waals surface area contributed by atoms with Gasteiger partial charge in [-0.3, -0.25) is 4.79 Å². The molecular formula is C17H24N4O2S. The fourth-order valence-corrected chi connectivity index (χ4v) is 3.79. The van der Waals surface area contributed by atoms with Crippen LogP contribution in [0.5, 0.6) is 0 Å².